The molecule has 0 aliphatic rings. The summed E-state index contributed by atoms with van der Waals surface area (Å²) in [5.41, 5.74) is 8.57. The van der Waals surface area contributed by atoms with Crippen molar-refractivity contribution in [1.82, 2.24) is 0 Å². The molecule has 1 atom stereocenters. The predicted molar refractivity (Wildman–Crippen MR) is 81.3 cm³/mol. The molecule has 0 saturated carbocycles. The summed E-state index contributed by atoms with van der Waals surface area (Å²) in [6.07, 6.45) is 0.320. The van der Waals surface area contributed by atoms with Crippen molar-refractivity contribution < 1.29 is 14.6 Å². The van der Waals surface area contributed by atoms with E-state index in [-0.39, 0.29) is 0 Å². The maximum atomic E-state index is 10.8. The third-order valence-corrected chi connectivity index (χ3v) is 3.32. The summed E-state index contributed by atoms with van der Waals surface area (Å²) in [4.78, 5) is 10.8. The van der Waals surface area contributed by atoms with Gasteiger partial charge in [0.2, 0.25) is 0 Å². The van der Waals surface area contributed by atoms with Gasteiger partial charge in [0, 0.05) is 0 Å². The number of hydrogen-bond donors (Lipinski definition) is 2. The van der Waals surface area contributed by atoms with Crippen molar-refractivity contribution in [3.63, 3.8) is 0 Å². The molecule has 0 aliphatic carbocycles. The molecule has 0 aliphatic heterocycles. The Morgan fingerprint density at radius 1 is 1.24 bits per heavy atom. The minimum absolute atomic E-state index is 0.320. The largest absolute Gasteiger partial charge is 0.489 e. The van der Waals surface area contributed by atoms with E-state index in [1.165, 1.54) is 0 Å². The van der Waals surface area contributed by atoms with Gasteiger partial charge in [0.05, 0.1) is 0 Å². The highest BCUT2D eigenvalue weighted by molar-refractivity contribution is 5.73. The molecule has 0 fully saturated rings. The van der Waals surface area contributed by atoms with Crippen LogP contribution in [0, 0.1) is 6.92 Å². The zero-order valence-corrected chi connectivity index (χ0v) is 12.0. The Kier molecular flexibility index (Phi) is 4.95. The van der Waals surface area contributed by atoms with Crippen LogP contribution in [0.25, 0.3) is 0 Å². The fourth-order valence-corrected chi connectivity index (χ4v) is 2.05. The third kappa shape index (κ3) is 4.33. The van der Waals surface area contributed by atoms with Crippen molar-refractivity contribution >= 4 is 5.97 Å². The predicted octanol–water partition coefficient (Wildman–Crippen LogP) is 2.53. The molecule has 21 heavy (non-hydrogen) atoms. The van der Waals surface area contributed by atoms with Crippen LogP contribution in [0.15, 0.2) is 48.5 Å². The summed E-state index contributed by atoms with van der Waals surface area (Å²) in [5.74, 6) is -0.220. The van der Waals surface area contributed by atoms with E-state index in [4.69, 9.17) is 15.6 Å². The van der Waals surface area contributed by atoms with Gasteiger partial charge >= 0.3 is 5.97 Å². The first-order valence-corrected chi connectivity index (χ1v) is 6.81. The minimum atomic E-state index is -0.987. The molecule has 0 radical (unpaired) electrons. The quantitative estimate of drug-likeness (QED) is 0.855. The van der Waals surface area contributed by atoms with Crippen LogP contribution in [0.5, 0.6) is 5.75 Å². The Morgan fingerprint density at radius 2 is 1.95 bits per heavy atom. The topological polar surface area (TPSA) is 72.5 Å². The van der Waals surface area contributed by atoms with Gasteiger partial charge in [-0.1, -0.05) is 36.4 Å². The summed E-state index contributed by atoms with van der Waals surface area (Å²) in [7, 11) is 0. The molecular formula is C17H19NO3. The van der Waals surface area contributed by atoms with Gasteiger partial charge in [-0.2, -0.15) is 0 Å². The highest BCUT2D eigenvalue weighted by Crippen LogP contribution is 2.19. The first-order valence-electron chi connectivity index (χ1n) is 6.81. The van der Waals surface area contributed by atoms with E-state index in [9.17, 15) is 4.79 Å². The maximum Gasteiger partial charge on any atom is 0.320 e. The molecule has 2 rings (SSSR count). The van der Waals surface area contributed by atoms with Gasteiger partial charge in [-0.25, -0.2) is 0 Å². The van der Waals surface area contributed by atoms with Crippen LogP contribution in [0.1, 0.15) is 16.7 Å². The minimum Gasteiger partial charge on any atom is -0.489 e. The van der Waals surface area contributed by atoms with Crippen LogP contribution in [0.4, 0.5) is 0 Å². The number of aryl methyl sites for hydroxylation is 1. The van der Waals surface area contributed by atoms with Crippen molar-refractivity contribution in [3.05, 3.63) is 65.2 Å². The second kappa shape index (κ2) is 6.90. The number of ether oxygens (including phenoxy) is 1. The molecule has 2 aromatic rings. The molecule has 0 amide bonds. The highest BCUT2D eigenvalue weighted by Gasteiger charge is 2.13. The zero-order chi connectivity index (χ0) is 15.2. The number of benzene rings is 2. The number of carboxylic acids is 1. The lowest BCUT2D eigenvalue weighted by atomic mass is 10.0. The molecule has 4 heteroatoms. The van der Waals surface area contributed by atoms with Crippen LogP contribution in [-0.4, -0.2) is 17.1 Å². The first kappa shape index (κ1) is 15.1. The summed E-state index contributed by atoms with van der Waals surface area (Å²) in [5, 5.41) is 8.85. The first-order chi connectivity index (χ1) is 10.1. The number of hydrogen-bond acceptors (Lipinski definition) is 3. The van der Waals surface area contributed by atoms with Gasteiger partial charge < -0.3 is 15.6 Å². The number of carbonyl (C=O) groups is 1. The van der Waals surface area contributed by atoms with E-state index >= 15 is 0 Å². The molecule has 0 saturated heterocycles. The van der Waals surface area contributed by atoms with Crippen LogP contribution >= 0.6 is 0 Å². The average Bonchev–Trinajstić information content (AvgIpc) is 2.48. The number of nitrogens with two attached hydrogens (primary N) is 1. The van der Waals surface area contributed by atoms with Crippen LogP contribution in [0.3, 0.4) is 0 Å². The average molecular weight is 285 g/mol. The fourth-order valence-electron chi connectivity index (χ4n) is 2.05. The molecule has 0 heterocycles. The number of aliphatic carboxylic acids is 1. The lowest BCUT2D eigenvalue weighted by Gasteiger charge is -2.12. The number of rotatable bonds is 6. The molecule has 110 valence electrons. The van der Waals surface area contributed by atoms with E-state index < -0.39 is 12.0 Å². The van der Waals surface area contributed by atoms with Gasteiger partial charge in [0.25, 0.3) is 0 Å². The molecule has 0 spiro atoms. The van der Waals surface area contributed by atoms with E-state index in [1.807, 2.05) is 55.5 Å². The molecule has 1 unspecified atom stereocenters. The summed E-state index contributed by atoms with van der Waals surface area (Å²) >= 11 is 0. The van der Waals surface area contributed by atoms with Crippen molar-refractivity contribution in [2.24, 2.45) is 5.73 Å². The SMILES string of the molecule is Cc1cc(OCc2ccccc2)ccc1CC(N)C(=O)O. The third-order valence-electron chi connectivity index (χ3n) is 3.32. The normalized spacial score (nSPS) is 11.9. The fraction of sp³-hybridized carbons (Fsp3) is 0.235. The Hall–Kier alpha value is -2.33. The van der Waals surface area contributed by atoms with E-state index in [2.05, 4.69) is 0 Å². The standard InChI is InChI=1S/C17H19NO3/c1-12-9-15(21-11-13-5-3-2-4-6-13)8-7-14(12)10-16(18)17(19)20/h2-9,16H,10-11,18H2,1H3,(H,19,20). The lowest BCUT2D eigenvalue weighted by Crippen LogP contribution is -2.32. The molecule has 2 aromatic carbocycles. The van der Waals surface area contributed by atoms with Crippen LogP contribution in [0.2, 0.25) is 0 Å². The molecule has 0 bridgehead atoms. The van der Waals surface area contributed by atoms with Crippen molar-refractivity contribution in [2.75, 3.05) is 0 Å². The zero-order valence-electron chi connectivity index (χ0n) is 12.0. The van der Waals surface area contributed by atoms with Crippen LogP contribution in [-0.2, 0) is 17.8 Å². The van der Waals surface area contributed by atoms with Gasteiger partial charge in [0.15, 0.2) is 0 Å². The smallest absolute Gasteiger partial charge is 0.320 e. The van der Waals surface area contributed by atoms with Gasteiger partial charge in [-0.15, -0.1) is 0 Å². The summed E-state index contributed by atoms with van der Waals surface area (Å²) in [6.45, 7) is 2.44. The van der Waals surface area contributed by atoms with E-state index in [0.29, 0.717) is 13.0 Å². The monoisotopic (exact) mass is 285 g/mol. The van der Waals surface area contributed by atoms with E-state index in [0.717, 1.165) is 22.4 Å². The Bertz CT molecular complexity index is 611. The molecule has 4 nitrogen and oxygen atoms in total. The van der Waals surface area contributed by atoms with Gasteiger partial charge in [-0.05, 0) is 42.2 Å². The second-order valence-electron chi connectivity index (χ2n) is 5.01. The Labute approximate surface area is 124 Å². The van der Waals surface area contributed by atoms with Crippen LogP contribution < -0.4 is 10.5 Å². The highest BCUT2D eigenvalue weighted by atomic mass is 16.5. The molecular weight excluding hydrogens is 266 g/mol. The number of carboxylic acid groups (broad SMARTS) is 1. The van der Waals surface area contributed by atoms with Crippen molar-refractivity contribution in [1.29, 1.82) is 0 Å². The summed E-state index contributed by atoms with van der Waals surface area (Å²) in [6, 6.07) is 14.7. The summed E-state index contributed by atoms with van der Waals surface area (Å²) < 4.78 is 5.73. The Morgan fingerprint density at radius 3 is 2.57 bits per heavy atom. The molecule has 3 N–H and O–H groups in total. The lowest BCUT2D eigenvalue weighted by molar-refractivity contribution is -0.138. The van der Waals surface area contributed by atoms with Gasteiger partial charge in [0.1, 0.15) is 18.4 Å². The Balaban J connectivity index is 2.00. The van der Waals surface area contributed by atoms with Crippen molar-refractivity contribution in [3.8, 4) is 5.75 Å². The van der Waals surface area contributed by atoms with Gasteiger partial charge in [-0.3, -0.25) is 4.79 Å². The van der Waals surface area contributed by atoms with Crippen molar-refractivity contribution in [2.45, 2.75) is 26.0 Å². The van der Waals surface area contributed by atoms with E-state index in [1.54, 1.807) is 0 Å². The second-order valence-corrected chi connectivity index (χ2v) is 5.01. The maximum absolute atomic E-state index is 10.8. The molecule has 0 aromatic heterocycles.